The SMILES string of the molecule is O=C(CCCC1CCOCC1)N1C[C@@H]2CCC[C@@]2(C(=O)O)C1. The monoisotopic (exact) mass is 309 g/mol. The molecule has 0 bridgehead atoms. The van der Waals surface area contributed by atoms with Gasteiger partial charge >= 0.3 is 5.97 Å². The number of fused-ring (bicyclic) bond motifs is 1. The second kappa shape index (κ2) is 6.57. The molecule has 2 atom stereocenters. The smallest absolute Gasteiger partial charge is 0.311 e. The van der Waals surface area contributed by atoms with E-state index in [0.29, 0.717) is 25.4 Å². The van der Waals surface area contributed by atoms with Gasteiger partial charge in [-0.25, -0.2) is 0 Å². The van der Waals surface area contributed by atoms with Gasteiger partial charge in [0, 0.05) is 32.7 Å². The first-order valence-corrected chi connectivity index (χ1v) is 8.71. The van der Waals surface area contributed by atoms with Gasteiger partial charge in [-0.1, -0.05) is 6.42 Å². The number of carboxylic acids is 1. The van der Waals surface area contributed by atoms with Crippen molar-refractivity contribution < 1.29 is 19.4 Å². The van der Waals surface area contributed by atoms with Crippen LogP contribution in [0.25, 0.3) is 0 Å². The molecule has 0 aromatic carbocycles. The molecule has 1 N–H and O–H groups in total. The van der Waals surface area contributed by atoms with Gasteiger partial charge in [0.2, 0.25) is 5.91 Å². The van der Waals surface area contributed by atoms with Gasteiger partial charge in [-0.3, -0.25) is 9.59 Å². The summed E-state index contributed by atoms with van der Waals surface area (Å²) >= 11 is 0. The number of carbonyl (C=O) groups excluding carboxylic acids is 1. The van der Waals surface area contributed by atoms with Crippen molar-refractivity contribution in [2.75, 3.05) is 26.3 Å². The van der Waals surface area contributed by atoms with Crippen molar-refractivity contribution in [3.8, 4) is 0 Å². The van der Waals surface area contributed by atoms with Crippen molar-refractivity contribution in [2.24, 2.45) is 17.3 Å². The Balaban J connectivity index is 1.46. The van der Waals surface area contributed by atoms with Crippen LogP contribution in [0.1, 0.15) is 51.4 Å². The lowest BCUT2D eigenvalue weighted by molar-refractivity contribution is -0.149. The van der Waals surface area contributed by atoms with E-state index in [0.717, 1.165) is 58.2 Å². The van der Waals surface area contributed by atoms with E-state index in [2.05, 4.69) is 0 Å². The van der Waals surface area contributed by atoms with Crippen LogP contribution in [0.15, 0.2) is 0 Å². The highest BCUT2D eigenvalue weighted by Gasteiger charge is 2.55. The summed E-state index contributed by atoms with van der Waals surface area (Å²) in [6.07, 6.45) is 7.49. The quantitative estimate of drug-likeness (QED) is 0.846. The standard InChI is InChI=1S/C17H27NO4/c19-15(5-1-3-13-6-9-22-10-7-13)18-11-14-4-2-8-17(14,12-18)16(20)21/h13-14H,1-12H2,(H,20,21)/t14-,17+/m0/s1. The molecule has 0 spiro atoms. The summed E-state index contributed by atoms with van der Waals surface area (Å²) < 4.78 is 5.35. The lowest BCUT2D eigenvalue weighted by Crippen LogP contribution is -2.37. The number of hydrogen-bond donors (Lipinski definition) is 1. The number of rotatable bonds is 5. The van der Waals surface area contributed by atoms with Crippen molar-refractivity contribution in [1.29, 1.82) is 0 Å². The van der Waals surface area contributed by atoms with Gasteiger partial charge < -0.3 is 14.7 Å². The van der Waals surface area contributed by atoms with Gasteiger partial charge in [0.05, 0.1) is 5.41 Å². The van der Waals surface area contributed by atoms with Crippen LogP contribution < -0.4 is 0 Å². The van der Waals surface area contributed by atoms with Crippen LogP contribution in [0.5, 0.6) is 0 Å². The molecule has 1 saturated carbocycles. The summed E-state index contributed by atoms with van der Waals surface area (Å²) in [7, 11) is 0. The molecule has 2 aliphatic heterocycles. The number of carboxylic acid groups (broad SMARTS) is 1. The molecular weight excluding hydrogens is 282 g/mol. The number of ether oxygens (including phenoxy) is 1. The highest BCUT2D eigenvalue weighted by Crippen LogP contribution is 2.49. The predicted molar refractivity (Wildman–Crippen MR) is 81.4 cm³/mol. The zero-order valence-corrected chi connectivity index (χ0v) is 13.3. The van der Waals surface area contributed by atoms with Crippen molar-refractivity contribution in [2.45, 2.75) is 51.4 Å². The molecule has 22 heavy (non-hydrogen) atoms. The topological polar surface area (TPSA) is 66.8 Å². The van der Waals surface area contributed by atoms with Crippen LogP contribution in [0.2, 0.25) is 0 Å². The Hall–Kier alpha value is -1.10. The first-order chi connectivity index (χ1) is 10.6. The van der Waals surface area contributed by atoms with E-state index in [1.165, 1.54) is 0 Å². The first kappa shape index (κ1) is 15.8. The minimum atomic E-state index is -0.701. The summed E-state index contributed by atoms with van der Waals surface area (Å²) in [5, 5.41) is 9.57. The Morgan fingerprint density at radius 3 is 2.68 bits per heavy atom. The van der Waals surface area contributed by atoms with E-state index in [9.17, 15) is 14.7 Å². The van der Waals surface area contributed by atoms with Crippen molar-refractivity contribution in [3.05, 3.63) is 0 Å². The second-order valence-corrected chi connectivity index (χ2v) is 7.27. The zero-order chi connectivity index (χ0) is 15.6. The maximum atomic E-state index is 12.4. The van der Waals surface area contributed by atoms with Crippen LogP contribution >= 0.6 is 0 Å². The molecule has 124 valence electrons. The fraction of sp³-hybridized carbons (Fsp3) is 0.882. The number of nitrogens with zero attached hydrogens (tertiary/aromatic N) is 1. The van der Waals surface area contributed by atoms with E-state index >= 15 is 0 Å². The fourth-order valence-electron chi connectivity index (χ4n) is 4.56. The molecule has 3 fully saturated rings. The van der Waals surface area contributed by atoms with Crippen LogP contribution in [-0.2, 0) is 14.3 Å². The van der Waals surface area contributed by atoms with E-state index in [-0.39, 0.29) is 11.8 Å². The van der Waals surface area contributed by atoms with E-state index < -0.39 is 11.4 Å². The summed E-state index contributed by atoms with van der Waals surface area (Å²) in [4.78, 5) is 25.9. The average molecular weight is 309 g/mol. The second-order valence-electron chi connectivity index (χ2n) is 7.27. The Morgan fingerprint density at radius 1 is 1.23 bits per heavy atom. The van der Waals surface area contributed by atoms with E-state index in [1.54, 1.807) is 0 Å². The van der Waals surface area contributed by atoms with Gasteiger partial charge in [0.15, 0.2) is 0 Å². The zero-order valence-electron chi connectivity index (χ0n) is 13.3. The summed E-state index contributed by atoms with van der Waals surface area (Å²) in [6, 6.07) is 0. The Morgan fingerprint density at radius 2 is 2.00 bits per heavy atom. The molecule has 1 amide bonds. The molecule has 3 rings (SSSR count). The maximum Gasteiger partial charge on any atom is 0.311 e. The van der Waals surface area contributed by atoms with Crippen LogP contribution in [0, 0.1) is 17.3 Å². The van der Waals surface area contributed by atoms with Crippen molar-refractivity contribution in [3.63, 3.8) is 0 Å². The number of aliphatic carboxylic acids is 1. The van der Waals surface area contributed by atoms with Crippen LogP contribution in [-0.4, -0.2) is 48.2 Å². The van der Waals surface area contributed by atoms with Crippen LogP contribution in [0.4, 0.5) is 0 Å². The fourth-order valence-corrected chi connectivity index (χ4v) is 4.56. The van der Waals surface area contributed by atoms with Gasteiger partial charge in [-0.15, -0.1) is 0 Å². The van der Waals surface area contributed by atoms with E-state index in [4.69, 9.17) is 4.74 Å². The van der Waals surface area contributed by atoms with Crippen LogP contribution in [0.3, 0.4) is 0 Å². The minimum Gasteiger partial charge on any atom is -0.481 e. The lowest BCUT2D eigenvalue weighted by Gasteiger charge is -2.24. The normalized spacial score (nSPS) is 32.2. The molecule has 5 heteroatoms. The largest absolute Gasteiger partial charge is 0.481 e. The molecule has 0 unspecified atom stereocenters. The summed E-state index contributed by atoms with van der Waals surface area (Å²) in [5.74, 6) is 0.323. The summed E-state index contributed by atoms with van der Waals surface area (Å²) in [5.41, 5.74) is -0.642. The Kier molecular flexibility index (Phi) is 4.71. The van der Waals surface area contributed by atoms with E-state index in [1.807, 2.05) is 4.90 Å². The van der Waals surface area contributed by atoms with Gasteiger partial charge in [-0.2, -0.15) is 0 Å². The molecule has 0 aromatic rings. The predicted octanol–water partition coefficient (Wildman–Crippen LogP) is 2.30. The minimum absolute atomic E-state index is 0.155. The third kappa shape index (κ3) is 3.00. The third-order valence-corrected chi connectivity index (χ3v) is 5.99. The van der Waals surface area contributed by atoms with Gasteiger partial charge in [0.1, 0.15) is 0 Å². The molecule has 2 saturated heterocycles. The highest BCUT2D eigenvalue weighted by atomic mass is 16.5. The maximum absolute atomic E-state index is 12.4. The van der Waals surface area contributed by atoms with Gasteiger partial charge in [-0.05, 0) is 50.4 Å². The van der Waals surface area contributed by atoms with Crippen molar-refractivity contribution in [1.82, 2.24) is 4.90 Å². The molecule has 3 aliphatic rings. The highest BCUT2D eigenvalue weighted by molar-refractivity contribution is 5.81. The number of hydrogen-bond acceptors (Lipinski definition) is 3. The molecule has 1 aliphatic carbocycles. The lowest BCUT2D eigenvalue weighted by atomic mass is 9.81. The number of amides is 1. The summed E-state index contributed by atoms with van der Waals surface area (Å²) in [6.45, 7) is 2.80. The number of carbonyl (C=O) groups is 2. The van der Waals surface area contributed by atoms with Crippen molar-refractivity contribution >= 4 is 11.9 Å². The molecule has 2 heterocycles. The molecular formula is C17H27NO4. The Bertz CT molecular complexity index is 432. The molecule has 0 radical (unpaired) electrons. The average Bonchev–Trinajstić information content (AvgIpc) is 3.06. The molecule has 0 aromatic heterocycles. The Labute approximate surface area is 132 Å². The van der Waals surface area contributed by atoms with Gasteiger partial charge in [0.25, 0.3) is 0 Å². The first-order valence-electron chi connectivity index (χ1n) is 8.71. The third-order valence-electron chi connectivity index (χ3n) is 5.99. The number of likely N-dealkylation sites (tertiary alicyclic amines) is 1. The molecule has 5 nitrogen and oxygen atoms in total.